The minimum atomic E-state index is -0.834. The first-order chi connectivity index (χ1) is 9.95. The van der Waals surface area contributed by atoms with E-state index in [1.54, 1.807) is 11.8 Å². The second-order valence-corrected chi connectivity index (χ2v) is 6.01. The number of nitrogens with zero attached hydrogens (tertiary/aromatic N) is 1. The highest BCUT2D eigenvalue weighted by Gasteiger charge is 2.29. The first-order valence-electron chi connectivity index (χ1n) is 7.53. The number of carbonyl (C=O) groups excluding carboxylic acids is 2. The van der Waals surface area contributed by atoms with Crippen LogP contribution in [-0.2, 0) is 9.59 Å². The summed E-state index contributed by atoms with van der Waals surface area (Å²) in [5.41, 5.74) is 0. The SMILES string of the molecule is CC(NC(=O)N1CCCC(CC(=O)O)C1)C(=O)NC1CC1. The van der Waals surface area contributed by atoms with Crippen molar-refractivity contribution in [1.29, 1.82) is 0 Å². The van der Waals surface area contributed by atoms with Crippen molar-refractivity contribution in [2.75, 3.05) is 13.1 Å². The summed E-state index contributed by atoms with van der Waals surface area (Å²) in [6.07, 6.45) is 3.73. The number of nitrogens with one attached hydrogen (secondary N) is 2. The number of piperidine rings is 1. The molecule has 2 atom stereocenters. The van der Waals surface area contributed by atoms with Gasteiger partial charge in [-0.05, 0) is 38.5 Å². The lowest BCUT2D eigenvalue weighted by molar-refractivity contribution is -0.138. The predicted octanol–water partition coefficient (Wildman–Crippen LogP) is 0.550. The van der Waals surface area contributed by atoms with Crippen LogP contribution in [0.2, 0.25) is 0 Å². The summed E-state index contributed by atoms with van der Waals surface area (Å²) in [4.78, 5) is 36.3. The van der Waals surface area contributed by atoms with Crippen LogP contribution in [0.15, 0.2) is 0 Å². The van der Waals surface area contributed by atoms with Crippen LogP contribution >= 0.6 is 0 Å². The Balaban J connectivity index is 1.78. The molecule has 0 aromatic heterocycles. The summed E-state index contributed by atoms with van der Waals surface area (Å²) < 4.78 is 0. The molecule has 1 saturated heterocycles. The smallest absolute Gasteiger partial charge is 0.318 e. The molecule has 7 nitrogen and oxygen atoms in total. The minimum Gasteiger partial charge on any atom is -0.481 e. The summed E-state index contributed by atoms with van der Waals surface area (Å²) in [6, 6.07) is -0.590. The van der Waals surface area contributed by atoms with Gasteiger partial charge in [0.2, 0.25) is 5.91 Å². The van der Waals surface area contributed by atoms with Gasteiger partial charge in [0.15, 0.2) is 0 Å². The van der Waals surface area contributed by atoms with Crippen LogP contribution in [0, 0.1) is 5.92 Å². The Bertz CT molecular complexity index is 422. The van der Waals surface area contributed by atoms with Crippen molar-refractivity contribution in [1.82, 2.24) is 15.5 Å². The largest absolute Gasteiger partial charge is 0.481 e. The summed E-state index contributed by atoms with van der Waals surface area (Å²) >= 11 is 0. The van der Waals surface area contributed by atoms with Gasteiger partial charge >= 0.3 is 12.0 Å². The number of rotatable bonds is 5. The molecular formula is C14H23N3O4. The maximum atomic E-state index is 12.1. The maximum Gasteiger partial charge on any atom is 0.318 e. The molecule has 0 aromatic carbocycles. The van der Waals surface area contributed by atoms with E-state index >= 15 is 0 Å². The summed E-state index contributed by atoms with van der Waals surface area (Å²) in [5, 5.41) is 14.4. The molecule has 0 aromatic rings. The van der Waals surface area contributed by atoms with Gasteiger partial charge in [-0.1, -0.05) is 0 Å². The van der Waals surface area contributed by atoms with Crippen molar-refractivity contribution < 1.29 is 19.5 Å². The van der Waals surface area contributed by atoms with Gasteiger partial charge in [0.1, 0.15) is 6.04 Å². The molecule has 3 amide bonds. The van der Waals surface area contributed by atoms with Gasteiger partial charge in [0, 0.05) is 25.6 Å². The molecular weight excluding hydrogens is 274 g/mol. The third kappa shape index (κ3) is 4.91. The number of hydrogen-bond donors (Lipinski definition) is 3. The summed E-state index contributed by atoms with van der Waals surface area (Å²) in [7, 11) is 0. The van der Waals surface area contributed by atoms with Gasteiger partial charge in [-0.25, -0.2) is 4.79 Å². The Kier molecular flexibility index (Phi) is 5.03. The van der Waals surface area contributed by atoms with Crippen LogP contribution in [0.1, 0.15) is 39.0 Å². The number of hydrogen-bond acceptors (Lipinski definition) is 3. The molecule has 118 valence electrons. The van der Waals surface area contributed by atoms with Gasteiger partial charge in [0.05, 0.1) is 0 Å². The Hall–Kier alpha value is -1.79. The van der Waals surface area contributed by atoms with Crippen molar-refractivity contribution in [3.05, 3.63) is 0 Å². The number of carboxylic acid groups (broad SMARTS) is 1. The molecule has 2 aliphatic rings. The zero-order valence-corrected chi connectivity index (χ0v) is 12.3. The molecule has 21 heavy (non-hydrogen) atoms. The topological polar surface area (TPSA) is 98.7 Å². The molecule has 7 heteroatoms. The third-order valence-electron chi connectivity index (χ3n) is 3.93. The molecule has 0 bridgehead atoms. The van der Waals surface area contributed by atoms with E-state index in [-0.39, 0.29) is 30.3 Å². The van der Waals surface area contributed by atoms with E-state index < -0.39 is 12.0 Å². The monoisotopic (exact) mass is 297 g/mol. The lowest BCUT2D eigenvalue weighted by Crippen LogP contribution is -2.52. The molecule has 2 fully saturated rings. The number of likely N-dealkylation sites (tertiary alicyclic amines) is 1. The van der Waals surface area contributed by atoms with E-state index in [1.807, 2.05) is 0 Å². The van der Waals surface area contributed by atoms with Crippen molar-refractivity contribution in [3.8, 4) is 0 Å². The normalized spacial score (nSPS) is 23.3. The van der Waals surface area contributed by atoms with E-state index in [4.69, 9.17) is 5.11 Å². The van der Waals surface area contributed by atoms with Crippen molar-refractivity contribution in [2.45, 2.75) is 51.1 Å². The molecule has 1 saturated carbocycles. The van der Waals surface area contributed by atoms with Crippen LogP contribution in [0.4, 0.5) is 4.79 Å². The second-order valence-electron chi connectivity index (χ2n) is 6.01. The minimum absolute atomic E-state index is 0.00223. The average Bonchev–Trinajstić information content (AvgIpc) is 3.22. The first-order valence-corrected chi connectivity index (χ1v) is 7.53. The van der Waals surface area contributed by atoms with Gasteiger partial charge in [-0.3, -0.25) is 9.59 Å². The first kappa shape index (κ1) is 15.6. The zero-order chi connectivity index (χ0) is 15.4. The quantitative estimate of drug-likeness (QED) is 0.690. The van der Waals surface area contributed by atoms with Crippen LogP contribution in [0.3, 0.4) is 0 Å². The lowest BCUT2D eigenvalue weighted by Gasteiger charge is -2.32. The van der Waals surface area contributed by atoms with Gasteiger partial charge < -0.3 is 20.6 Å². The van der Waals surface area contributed by atoms with E-state index in [2.05, 4.69) is 10.6 Å². The highest BCUT2D eigenvalue weighted by atomic mass is 16.4. The van der Waals surface area contributed by atoms with Crippen molar-refractivity contribution >= 4 is 17.9 Å². The maximum absolute atomic E-state index is 12.1. The van der Waals surface area contributed by atoms with E-state index in [0.717, 1.165) is 25.7 Å². The Morgan fingerprint density at radius 1 is 1.29 bits per heavy atom. The van der Waals surface area contributed by atoms with Crippen molar-refractivity contribution in [2.24, 2.45) is 5.92 Å². The highest BCUT2D eigenvalue weighted by molar-refractivity contribution is 5.87. The van der Waals surface area contributed by atoms with Crippen molar-refractivity contribution in [3.63, 3.8) is 0 Å². The second kappa shape index (κ2) is 6.78. The molecule has 0 radical (unpaired) electrons. The fourth-order valence-electron chi connectivity index (χ4n) is 2.56. The number of amides is 3. The molecule has 0 spiro atoms. The van der Waals surface area contributed by atoms with Gasteiger partial charge in [-0.15, -0.1) is 0 Å². The van der Waals surface area contributed by atoms with E-state index in [9.17, 15) is 14.4 Å². The zero-order valence-electron chi connectivity index (χ0n) is 12.3. The number of aliphatic carboxylic acids is 1. The van der Waals surface area contributed by atoms with Crippen LogP contribution in [-0.4, -0.2) is 53.1 Å². The Labute approximate surface area is 124 Å². The van der Waals surface area contributed by atoms with Crippen LogP contribution in [0.25, 0.3) is 0 Å². The Morgan fingerprint density at radius 3 is 2.62 bits per heavy atom. The fourth-order valence-corrected chi connectivity index (χ4v) is 2.56. The van der Waals surface area contributed by atoms with E-state index in [1.165, 1.54) is 0 Å². The van der Waals surface area contributed by atoms with Gasteiger partial charge in [0.25, 0.3) is 0 Å². The molecule has 3 N–H and O–H groups in total. The number of carboxylic acids is 1. The number of carbonyl (C=O) groups is 3. The predicted molar refractivity (Wildman–Crippen MR) is 75.7 cm³/mol. The molecule has 2 rings (SSSR count). The standard InChI is InChI=1S/C14H23N3O4/c1-9(13(20)16-11-4-5-11)15-14(21)17-6-2-3-10(8-17)7-12(18)19/h9-11H,2-8H2,1H3,(H,15,21)(H,16,20)(H,18,19). The third-order valence-corrected chi connectivity index (χ3v) is 3.93. The Morgan fingerprint density at radius 2 is 2.00 bits per heavy atom. The van der Waals surface area contributed by atoms with Crippen LogP contribution < -0.4 is 10.6 Å². The molecule has 2 unspecified atom stereocenters. The van der Waals surface area contributed by atoms with E-state index in [0.29, 0.717) is 13.1 Å². The highest BCUT2D eigenvalue weighted by Crippen LogP contribution is 2.20. The fraction of sp³-hybridized carbons (Fsp3) is 0.786. The molecule has 1 aliphatic heterocycles. The average molecular weight is 297 g/mol. The summed E-state index contributed by atoms with van der Waals surface area (Å²) in [5.74, 6) is -0.998. The van der Waals surface area contributed by atoms with Crippen LogP contribution in [0.5, 0.6) is 0 Å². The lowest BCUT2D eigenvalue weighted by atomic mass is 9.95. The van der Waals surface area contributed by atoms with Gasteiger partial charge in [-0.2, -0.15) is 0 Å². The summed E-state index contributed by atoms with van der Waals surface area (Å²) in [6.45, 7) is 2.71. The number of urea groups is 1. The molecule has 1 aliphatic carbocycles. The molecule has 1 heterocycles.